The molecule has 0 fully saturated rings. The van der Waals surface area contributed by atoms with Crippen molar-refractivity contribution in [2.24, 2.45) is 5.73 Å². The van der Waals surface area contributed by atoms with Gasteiger partial charge in [-0.25, -0.2) is 4.98 Å². The molecule has 0 spiro atoms. The summed E-state index contributed by atoms with van der Waals surface area (Å²) in [7, 11) is 0. The van der Waals surface area contributed by atoms with E-state index in [0.717, 1.165) is 22.8 Å². The molecule has 0 atom stereocenters. The summed E-state index contributed by atoms with van der Waals surface area (Å²) >= 11 is 5.84. The monoisotopic (exact) mass is 195 g/mol. The third-order valence-electron chi connectivity index (χ3n) is 1.94. The third kappa shape index (κ3) is 1.53. The van der Waals surface area contributed by atoms with Crippen molar-refractivity contribution in [3.05, 3.63) is 35.4 Å². The Morgan fingerprint density at radius 2 is 2.38 bits per heavy atom. The number of halogens is 1. The van der Waals surface area contributed by atoms with E-state index in [2.05, 4.69) is 4.98 Å². The molecule has 2 heterocycles. The predicted molar refractivity (Wildman–Crippen MR) is 53.0 cm³/mol. The van der Waals surface area contributed by atoms with Crippen LogP contribution in [0.5, 0.6) is 0 Å². The number of aromatic nitrogens is 2. The Bertz CT molecular complexity index is 422. The smallest absolute Gasteiger partial charge is 0.114 e. The lowest BCUT2D eigenvalue weighted by atomic mass is 10.4. The highest BCUT2D eigenvalue weighted by molar-refractivity contribution is 6.30. The molecule has 4 heteroatoms. The Morgan fingerprint density at radius 3 is 3.15 bits per heavy atom. The molecule has 0 amide bonds. The Balaban J connectivity index is 2.55. The summed E-state index contributed by atoms with van der Waals surface area (Å²) in [6.07, 6.45) is 4.50. The lowest BCUT2D eigenvalue weighted by molar-refractivity contribution is 0.863. The molecule has 68 valence electrons. The van der Waals surface area contributed by atoms with E-state index in [1.54, 1.807) is 6.20 Å². The number of hydrogen-bond donors (Lipinski definition) is 1. The summed E-state index contributed by atoms with van der Waals surface area (Å²) in [6.45, 7) is 0.613. The lowest BCUT2D eigenvalue weighted by Crippen LogP contribution is -2.05. The summed E-state index contributed by atoms with van der Waals surface area (Å²) in [5.41, 5.74) is 6.47. The molecule has 0 radical (unpaired) electrons. The summed E-state index contributed by atoms with van der Waals surface area (Å²) < 4.78 is 2.00. The van der Waals surface area contributed by atoms with Crippen LogP contribution in [0.2, 0.25) is 5.02 Å². The predicted octanol–water partition coefficient (Wildman–Crippen LogP) is 1.49. The zero-order valence-corrected chi connectivity index (χ0v) is 7.83. The maximum atomic E-state index is 5.84. The highest BCUT2D eigenvalue weighted by Crippen LogP contribution is 2.13. The van der Waals surface area contributed by atoms with E-state index >= 15 is 0 Å². The van der Waals surface area contributed by atoms with Gasteiger partial charge in [-0.15, -0.1) is 0 Å². The van der Waals surface area contributed by atoms with Gasteiger partial charge in [0.25, 0.3) is 0 Å². The molecule has 2 aromatic rings. The van der Waals surface area contributed by atoms with Crippen LogP contribution in [0, 0.1) is 0 Å². The number of fused-ring (bicyclic) bond motifs is 1. The first-order valence-corrected chi connectivity index (χ1v) is 4.50. The number of nitrogens with zero attached hydrogens (tertiary/aromatic N) is 2. The second-order valence-corrected chi connectivity index (χ2v) is 3.29. The van der Waals surface area contributed by atoms with Gasteiger partial charge in [0, 0.05) is 17.6 Å². The summed E-state index contributed by atoms with van der Waals surface area (Å²) in [5.74, 6) is 0.981. The van der Waals surface area contributed by atoms with E-state index in [1.807, 2.05) is 22.7 Å². The largest absolute Gasteiger partial charge is 0.330 e. The van der Waals surface area contributed by atoms with Crippen molar-refractivity contribution in [2.45, 2.75) is 6.42 Å². The minimum absolute atomic E-state index is 0.613. The van der Waals surface area contributed by atoms with E-state index in [4.69, 9.17) is 17.3 Å². The van der Waals surface area contributed by atoms with Gasteiger partial charge in [-0.1, -0.05) is 11.6 Å². The molecule has 2 aromatic heterocycles. The number of rotatable bonds is 2. The van der Waals surface area contributed by atoms with Gasteiger partial charge in [0.05, 0.1) is 11.7 Å². The highest BCUT2D eigenvalue weighted by Gasteiger charge is 2.01. The highest BCUT2D eigenvalue weighted by atomic mass is 35.5. The molecule has 0 aliphatic heterocycles. The van der Waals surface area contributed by atoms with Crippen LogP contribution in [-0.4, -0.2) is 15.9 Å². The van der Waals surface area contributed by atoms with Crippen molar-refractivity contribution < 1.29 is 0 Å². The second kappa shape index (κ2) is 3.36. The maximum absolute atomic E-state index is 5.84. The number of hydrogen-bond acceptors (Lipinski definition) is 2. The first kappa shape index (κ1) is 8.53. The maximum Gasteiger partial charge on any atom is 0.114 e. The van der Waals surface area contributed by atoms with Crippen molar-refractivity contribution in [3.8, 4) is 0 Å². The van der Waals surface area contributed by atoms with E-state index in [9.17, 15) is 0 Å². The number of pyridine rings is 1. The molecule has 3 nitrogen and oxygen atoms in total. The quantitative estimate of drug-likeness (QED) is 0.789. The van der Waals surface area contributed by atoms with Crippen LogP contribution in [0.3, 0.4) is 0 Å². The molecule has 0 aliphatic carbocycles. The van der Waals surface area contributed by atoms with E-state index < -0.39 is 0 Å². The topological polar surface area (TPSA) is 43.3 Å². The molecule has 0 aliphatic rings. The van der Waals surface area contributed by atoms with Gasteiger partial charge < -0.3 is 10.1 Å². The van der Waals surface area contributed by atoms with Crippen molar-refractivity contribution >= 4 is 17.1 Å². The van der Waals surface area contributed by atoms with E-state index in [0.29, 0.717) is 6.54 Å². The van der Waals surface area contributed by atoms with Gasteiger partial charge >= 0.3 is 0 Å². The average molecular weight is 196 g/mol. The average Bonchev–Trinajstić information content (AvgIpc) is 2.49. The van der Waals surface area contributed by atoms with E-state index in [-0.39, 0.29) is 0 Å². The Hall–Kier alpha value is -1.06. The molecular formula is C9H10ClN3. The Morgan fingerprint density at radius 1 is 1.54 bits per heavy atom. The van der Waals surface area contributed by atoms with Crippen LogP contribution >= 0.6 is 11.6 Å². The molecule has 2 N–H and O–H groups in total. The Kier molecular flexibility index (Phi) is 2.20. The first-order chi connectivity index (χ1) is 6.31. The van der Waals surface area contributed by atoms with Crippen LogP contribution < -0.4 is 5.73 Å². The van der Waals surface area contributed by atoms with Gasteiger partial charge in [-0.2, -0.15) is 0 Å². The van der Waals surface area contributed by atoms with Crippen molar-refractivity contribution in [1.82, 2.24) is 9.38 Å². The van der Waals surface area contributed by atoms with Gasteiger partial charge in [-0.3, -0.25) is 0 Å². The lowest BCUT2D eigenvalue weighted by Gasteiger charge is -1.98. The van der Waals surface area contributed by atoms with Crippen molar-refractivity contribution in [1.29, 1.82) is 0 Å². The summed E-state index contributed by atoms with van der Waals surface area (Å²) in [5, 5.41) is 0.728. The Labute approximate surface area is 81.1 Å². The van der Waals surface area contributed by atoms with Crippen LogP contribution in [0.4, 0.5) is 0 Å². The SMILES string of the molecule is NCCc1ncc2cc(Cl)ccn12. The first-order valence-electron chi connectivity index (χ1n) is 4.13. The fourth-order valence-electron chi connectivity index (χ4n) is 1.34. The van der Waals surface area contributed by atoms with Crippen LogP contribution in [0.25, 0.3) is 5.52 Å². The van der Waals surface area contributed by atoms with Crippen molar-refractivity contribution in [2.75, 3.05) is 6.54 Å². The fourth-order valence-corrected chi connectivity index (χ4v) is 1.51. The molecule has 0 unspecified atom stereocenters. The summed E-state index contributed by atoms with van der Waals surface area (Å²) in [6, 6.07) is 3.73. The van der Waals surface area contributed by atoms with Crippen LogP contribution in [-0.2, 0) is 6.42 Å². The van der Waals surface area contributed by atoms with Crippen LogP contribution in [0.15, 0.2) is 24.5 Å². The minimum Gasteiger partial charge on any atom is -0.330 e. The normalized spacial score (nSPS) is 10.9. The zero-order valence-electron chi connectivity index (χ0n) is 7.07. The minimum atomic E-state index is 0.613. The molecular weight excluding hydrogens is 186 g/mol. The zero-order chi connectivity index (χ0) is 9.26. The summed E-state index contributed by atoms with van der Waals surface area (Å²) in [4.78, 5) is 4.25. The molecule has 0 saturated heterocycles. The number of nitrogens with two attached hydrogens (primary N) is 1. The molecule has 13 heavy (non-hydrogen) atoms. The molecule has 2 rings (SSSR count). The second-order valence-electron chi connectivity index (χ2n) is 2.85. The van der Waals surface area contributed by atoms with Gasteiger partial charge in [-0.05, 0) is 18.7 Å². The molecule has 0 saturated carbocycles. The van der Waals surface area contributed by atoms with Crippen molar-refractivity contribution in [3.63, 3.8) is 0 Å². The fraction of sp³-hybridized carbons (Fsp3) is 0.222. The molecule has 0 bridgehead atoms. The van der Waals surface area contributed by atoms with Gasteiger partial charge in [0.2, 0.25) is 0 Å². The third-order valence-corrected chi connectivity index (χ3v) is 2.17. The van der Waals surface area contributed by atoms with Gasteiger partial charge in [0.15, 0.2) is 0 Å². The van der Waals surface area contributed by atoms with Gasteiger partial charge in [0.1, 0.15) is 5.82 Å². The molecule has 0 aromatic carbocycles. The van der Waals surface area contributed by atoms with E-state index in [1.165, 1.54) is 0 Å². The standard InChI is InChI=1S/C9H10ClN3/c10-7-2-4-13-8(5-7)6-12-9(13)1-3-11/h2,4-6H,1,3,11H2. The number of imidazole rings is 1. The van der Waals surface area contributed by atoms with Crippen LogP contribution in [0.1, 0.15) is 5.82 Å².